The number of anilines is 2. The molecule has 10 nitrogen and oxygen atoms in total. The van der Waals surface area contributed by atoms with Crippen LogP contribution in [0, 0.1) is 0 Å². The fraction of sp³-hybridized carbons (Fsp3) is 0.500. The highest BCUT2D eigenvalue weighted by molar-refractivity contribution is 5.84. The van der Waals surface area contributed by atoms with Gasteiger partial charge in [-0.25, -0.2) is 0 Å². The summed E-state index contributed by atoms with van der Waals surface area (Å²) in [4.78, 5) is 35.3. The van der Waals surface area contributed by atoms with Gasteiger partial charge in [0.2, 0.25) is 23.7 Å². The highest BCUT2D eigenvalue weighted by Crippen LogP contribution is 2.14. The second kappa shape index (κ2) is 7.07. The van der Waals surface area contributed by atoms with Gasteiger partial charge in [-0.3, -0.25) is 9.59 Å². The van der Waals surface area contributed by atoms with Gasteiger partial charge in [0.25, 0.3) is 0 Å². The van der Waals surface area contributed by atoms with Gasteiger partial charge in [-0.1, -0.05) is 0 Å². The third-order valence-electron chi connectivity index (χ3n) is 2.08. The van der Waals surface area contributed by atoms with E-state index in [1.54, 1.807) is 14.0 Å². The van der Waals surface area contributed by atoms with Crippen molar-refractivity contribution in [2.45, 2.75) is 6.92 Å². The van der Waals surface area contributed by atoms with Gasteiger partial charge in [0.15, 0.2) is 0 Å². The lowest BCUT2D eigenvalue weighted by Gasteiger charge is -2.19. The molecule has 1 heterocycles. The Morgan fingerprint density at radius 1 is 1.20 bits per heavy atom. The summed E-state index contributed by atoms with van der Waals surface area (Å²) in [5.74, 6) is -0.978. The molecule has 0 aliphatic carbocycles. The monoisotopic (exact) mass is 283 g/mol. The smallest absolute Gasteiger partial charge is 0.323 e. The SMILES string of the molecule is CCOc1nc(NC)nc(N(CC(N)=O)CC(N)=O)n1. The molecule has 0 aliphatic heterocycles. The normalized spacial score (nSPS) is 9.90. The van der Waals surface area contributed by atoms with Crippen molar-refractivity contribution in [1.29, 1.82) is 0 Å². The van der Waals surface area contributed by atoms with E-state index in [9.17, 15) is 9.59 Å². The van der Waals surface area contributed by atoms with Crippen LogP contribution < -0.4 is 26.4 Å². The van der Waals surface area contributed by atoms with E-state index >= 15 is 0 Å². The van der Waals surface area contributed by atoms with Crippen LogP contribution in [0.15, 0.2) is 0 Å². The minimum atomic E-state index is -0.643. The van der Waals surface area contributed by atoms with Crippen LogP contribution in [-0.2, 0) is 9.59 Å². The molecule has 0 radical (unpaired) electrons. The molecule has 0 spiro atoms. The van der Waals surface area contributed by atoms with Crippen molar-refractivity contribution in [3.8, 4) is 6.01 Å². The first-order chi connectivity index (χ1) is 9.46. The average Bonchev–Trinajstić information content (AvgIpc) is 2.37. The van der Waals surface area contributed by atoms with Crippen LogP contribution in [-0.4, -0.2) is 53.5 Å². The fourth-order valence-electron chi connectivity index (χ4n) is 1.37. The van der Waals surface area contributed by atoms with Crippen molar-refractivity contribution in [2.24, 2.45) is 11.5 Å². The van der Waals surface area contributed by atoms with Gasteiger partial charge in [-0.2, -0.15) is 15.0 Å². The number of carbonyl (C=O) groups is 2. The van der Waals surface area contributed by atoms with E-state index in [0.29, 0.717) is 6.61 Å². The van der Waals surface area contributed by atoms with Crippen LogP contribution in [0.1, 0.15) is 6.92 Å². The van der Waals surface area contributed by atoms with E-state index in [2.05, 4.69) is 20.3 Å². The number of nitrogens with two attached hydrogens (primary N) is 2. The number of rotatable bonds is 8. The first-order valence-corrected chi connectivity index (χ1v) is 5.84. The summed E-state index contributed by atoms with van der Waals surface area (Å²) in [5, 5.41) is 2.73. The molecular weight excluding hydrogens is 266 g/mol. The third kappa shape index (κ3) is 4.55. The predicted molar refractivity (Wildman–Crippen MR) is 71.1 cm³/mol. The van der Waals surface area contributed by atoms with Gasteiger partial charge < -0.3 is 26.4 Å². The summed E-state index contributed by atoms with van der Waals surface area (Å²) in [5.41, 5.74) is 10.2. The van der Waals surface area contributed by atoms with Gasteiger partial charge in [-0.15, -0.1) is 0 Å². The van der Waals surface area contributed by atoms with E-state index in [1.807, 2.05) is 0 Å². The molecule has 0 unspecified atom stereocenters. The summed E-state index contributed by atoms with van der Waals surface area (Å²) in [7, 11) is 1.61. The standard InChI is InChI=1S/C10H17N7O3/c1-3-20-10-15-8(13-2)14-9(16-10)17(4-6(11)18)5-7(12)19/h3-5H2,1-2H3,(H2,11,18)(H2,12,19)(H,13,14,15,16). The third-order valence-corrected chi connectivity index (χ3v) is 2.08. The zero-order chi connectivity index (χ0) is 15.1. The van der Waals surface area contributed by atoms with Crippen LogP contribution in [0.4, 0.5) is 11.9 Å². The number of aromatic nitrogens is 3. The van der Waals surface area contributed by atoms with Gasteiger partial charge in [-0.05, 0) is 6.92 Å². The Balaban J connectivity index is 3.12. The molecule has 10 heteroatoms. The number of hydrogen-bond donors (Lipinski definition) is 3. The molecule has 5 N–H and O–H groups in total. The molecule has 0 atom stereocenters. The molecule has 0 fully saturated rings. The minimum absolute atomic E-state index is 0.0702. The maximum atomic E-state index is 11.0. The van der Waals surface area contributed by atoms with Gasteiger partial charge in [0.1, 0.15) is 13.1 Å². The number of nitrogens with zero attached hydrogens (tertiary/aromatic N) is 4. The molecule has 2 amide bonds. The highest BCUT2D eigenvalue weighted by atomic mass is 16.5. The average molecular weight is 283 g/mol. The number of hydrogen-bond acceptors (Lipinski definition) is 8. The quantitative estimate of drug-likeness (QED) is 0.500. The molecule has 0 saturated heterocycles. The Labute approximate surface area is 115 Å². The van der Waals surface area contributed by atoms with E-state index < -0.39 is 11.8 Å². The van der Waals surface area contributed by atoms with Crippen molar-refractivity contribution in [2.75, 3.05) is 37.0 Å². The lowest BCUT2D eigenvalue weighted by Crippen LogP contribution is -2.40. The molecular formula is C10H17N7O3. The van der Waals surface area contributed by atoms with Crippen LogP contribution in [0.3, 0.4) is 0 Å². The van der Waals surface area contributed by atoms with Crippen molar-refractivity contribution < 1.29 is 14.3 Å². The molecule has 0 aromatic carbocycles. The Morgan fingerprint density at radius 2 is 1.80 bits per heavy atom. The molecule has 20 heavy (non-hydrogen) atoms. The zero-order valence-electron chi connectivity index (χ0n) is 11.3. The molecule has 1 aromatic heterocycles. The van der Waals surface area contributed by atoms with Crippen molar-refractivity contribution >= 4 is 23.7 Å². The largest absolute Gasteiger partial charge is 0.464 e. The maximum Gasteiger partial charge on any atom is 0.323 e. The highest BCUT2D eigenvalue weighted by Gasteiger charge is 2.17. The fourth-order valence-corrected chi connectivity index (χ4v) is 1.37. The maximum absolute atomic E-state index is 11.0. The van der Waals surface area contributed by atoms with Crippen molar-refractivity contribution in [3.63, 3.8) is 0 Å². The van der Waals surface area contributed by atoms with Crippen LogP contribution >= 0.6 is 0 Å². The topological polar surface area (TPSA) is 149 Å². The minimum Gasteiger partial charge on any atom is -0.464 e. The van der Waals surface area contributed by atoms with Crippen molar-refractivity contribution in [3.05, 3.63) is 0 Å². The summed E-state index contributed by atoms with van der Waals surface area (Å²) in [6.45, 7) is 1.63. The Morgan fingerprint density at radius 3 is 2.25 bits per heavy atom. The van der Waals surface area contributed by atoms with Crippen LogP contribution in [0.2, 0.25) is 0 Å². The lowest BCUT2D eigenvalue weighted by atomic mass is 10.4. The van der Waals surface area contributed by atoms with Gasteiger partial charge >= 0.3 is 6.01 Å². The number of primary amides is 2. The molecule has 1 aromatic rings. The first kappa shape index (κ1) is 15.4. The zero-order valence-corrected chi connectivity index (χ0v) is 11.3. The molecule has 0 saturated carbocycles. The lowest BCUT2D eigenvalue weighted by molar-refractivity contribution is -0.117. The summed E-state index contributed by atoms with van der Waals surface area (Å²) in [6.07, 6.45) is 0. The van der Waals surface area contributed by atoms with Gasteiger partial charge in [0, 0.05) is 7.05 Å². The van der Waals surface area contributed by atoms with E-state index in [-0.39, 0.29) is 31.0 Å². The summed E-state index contributed by atoms with van der Waals surface area (Å²) in [6, 6.07) is 0.0702. The summed E-state index contributed by atoms with van der Waals surface area (Å²) >= 11 is 0. The van der Waals surface area contributed by atoms with E-state index in [4.69, 9.17) is 16.2 Å². The predicted octanol–water partition coefficient (Wildman–Crippen LogP) is -1.91. The second-order valence-corrected chi connectivity index (χ2v) is 3.71. The van der Waals surface area contributed by atoms with E-state index in [0.717, 1.165) is 0 Å². The van der Waals surface area contributed by atoms with E-state index in [1.165, 1.54) is 4.90 Å². The molecule has 0 aliphatic rings. The Kier molecular flexibility index (Phi) is 5.44. The molecule has 0 bridgehead atoms. The number of ether oxygens (including phenoxy) is 1. The molecule has 110 valence electrons. The second-order valence-electron chi connectivity index (χ2n) is 3.71. The number of nitrogens with one attached hydrogen (secondary N) is 1. The van der Waals surface area contributed by atoms with Crippen LogP contribution in [0.25, 0.3) is 0 Å². The number of amides is 2. The molecule has 1 rings (SSSR count). The summed E-state index contributed by atoms with van der Waals surface area (Å²) < 4.78 is 5.19. The Bertz CT molecular complexity index is 478. The number of carbonyl (C=O) groups excluding carboxylic acids is 2. The van der Waals surface area contributed by atoms with Crippen molar-refractivity contribution in [1.82, 2.24) is 15.0 Å². The Hall–Kier alpha value is -2.65. The first-order valence-electron chi connectivity index (χ1n) is 5.84. The van der Waals surface area contributed by atoms with Crippen LogP contribution in [0.5, 0.6) is 6.01 Å². The van der Waals surface area contributed by atoms with Gasteiger partial charge in [0.05, 0.1) is 6.61 Å².